The van der Waals surface area contributed by atoms with E-state index >= 15 is 0 Å². The molecular formula is C18H31NO2. The predicted octanol–water partition coefficient (Wildman–Crippen LogP) is 3.92. The summed E-state index contributed by atoms with van der Waals surface area (Å²) in [6.07, 6.45) is 0.993. The van der Waals surface area contributed by atoms with E-state index in [0.717, 1.165) is 13.0 Å². The molecule has 1 heterocycles. The first kappa shape index (κ1) is 19.8. The van der Waals surface area contributed by atoms with Crippen LogP contribution >= 0.6 is 0 Å². The number of likely N-dealkylation sites (tertiary alicyclic amines) is 1. The third kappa shape index (κ3) is 6.87. The van der Waals surface area contributed by atoms with Crippen LogP contribution in [0.3, 0.4) is 0 Å². The van der Waals surface area contributed by atoms with Crippen LogP contribution in [0.1, 0.15) is 46.6 Å². The van der Waals surface area contributed by atoms with Crippen molar-refractivity contribution in [1.82, 2.24) is 4.90 Å². The van der Waals surface area contributed by atoms with Crippen LogP contribution in [-0.2, 0) is 16.1 Å². The average molecular weight is 293 g/mol. The molecule has 1 aromatic rings. The molecule has 3 heteroatoms. The van der Waals surface area contributed by atoms with Crippen LogP contribution in [0.4, 0.5) is 0 Å². The summed E-state index contributed by atoms with van der Waals surface area (Å²) in [5.74, 6) is 0.235. The minimum Gasteiger partial charge on any atom is -0.372 e. The van der Waals surface area contributed by atoms with Crippen molar-refractivity contribution in [3.05, 3.63) is 35.9 Å². The number of carbonyl (C=O) groups is 1. The lowest BCUT2D eigenvalue weighted by molar-refractivity contribution is -0.120. The molecule has 2 unspecified atom stereocenters. The minimum absolute atomic E-state index is 0.0378. The highest BCUT2D eigenvalue weighted by Gasteiger charge is 2.32. The molecule has 0 spiro atoms. The summed E-state index contributed by atoms with van der Waals surface area (Å²) in [6.45, 7) is 11.1. The van der Waals surface area contributed by atoms with Gasteiger partial charge in [0.05, 0.1) is 18.8 Å². The summed E-state index contributed by atoms with van der Waals surface area (Å²) in [4.78, 5) is 13.5. The van der Waals surface area contributed by atoms with Crippen LogP contribution in [-0.4, -0.2) is 36.4 Å². The van der Waals surface area contributed by atoms with E-state index < -0.39 is 0 Å². The highest BCUT2D eigenvalue weighted by molar-refractivity contribution is 5.81. The maximum atomic E-state index is 11.4. The minimum atomic E-state index is 0.0378. The van der Waals surface area contributed by atoms with E-state index in [1.165, 1.54) is 5.56 Å². The Morgan fingerprint density at radius 3 is 2.24 bits per heavy atom. The Balaban J connectivity index is 0.000000921. The molecule has 0 saturated carbocycles. The lowest BCUT2D eigenvalue weighted by Gasteiger charge is -2.14. The third-order valence-electron chi connectivity index (χ3n) is 3.31. The van der Waals surface area contributed by atoms with E-state index in [4.69, 9.17) is 4.74 Å². The van der Waals surface area contributed by atoms with Gasteiger partial charge < -0.3 is 4.74 Å². The molecule has 1 aliphatic rings. The monoisotopic (exact) mass is 293 g/mol. The lowest BCUT2D eigenvalue weighted by Crippen LogP contribution is -2.30. The standard InChI is InChI=1S/C14H19NO2.2C2H6/c1-11(16)14-8-13(9-15(14)2)17-10-12-6-4-3-5-7-12;2*1-2/h3-7,13-14H,8-10H2,1-2H3;2*1-2H3. The molecule has 0 aliphatic carbocycles. The number of ether oxygens (including phenoxy) is 1. The molecule has 1 aromatic carbocycles. The van der Waals surface area contributed by atoms with Crippen LogP contribution in [0.2, 0.25) is 0 Å². The van der Waals surface area contributed by atoms with Crippen molar-refractivity contribution in [3.63, 3.8) is 0 Å². The highest BCUT2D eigenvalue weighted by Crippen LogP contribution is 2.20. The third-order valence-corrected chi connectivity index (χ3v) is 3.31. The van der Waals surface area contributed by atoms with Gasteiger partial charge in [-0.25, -0.2) is 0 Å². The van der Waals surface area contributed by atoms with Gasteiger partial charge in [0.2, 0.25) is 0 Å². The summed E-state index contributed by atoms with van der Waals surface area (Å²) in [5, 5.41) is 0. The summed E-state index contributed by atoms with van der Waals surface area (Å²) in [5.41, 5.74) is 1.18. The molecule has 1 fully saturated rings. The number of ketones is 1. The first-order valence-corrected chi connectivity index (χ1v) is 8.03. The van der Waals surface area contributed by atoms with Crippen LogP contribution < -0.4 is 0 Å². The van der Waals surface area contributed by atoms with Crippen molar-refractivity contribution in [2.75, 3.05) is 13.6 Å². The Hall–Kier alpha value is -1.19. The van der Waals surface area contributed by atoms with Crippen molar-refractivity contribution in [3.8, 4) is 0 Å². The first-order valence-electron chi connectivity index (χ1n) is 8.03. The fraction of sp³-hybridized carbons (Fsp3) is 0.611. The Morgan fingerprint density at radius 2 is 1.76 bits per heavy atom. The van der Waals surface area contributed by atoms with Gasteiger partial charge in [-0.1, -0.05) is 58.0 Å². The maximum absolute atomic E-state index is 11.4. The van der Waals surface area contributed by atoms with E-state index in [9.17, 15) is 4.79 Å². The van der Waals surface area contributed by atoms with E-state index in [-0.39, 0.29) is 17.9 Å². The number of Topliss-reactive ketones (excluding diaryl/α,β-unsaturated/α-hetero) is 1. The molecule has 0 radical (unpaired) electrons. The van der Waals surface area contributed by atoms with Gasteiger partial charge in [0.25, 0.3) is 0 Å². The summed E-state index contributed by atoms with van der Waals surface area (Å²) in [6, 6.07) is 10.2. The number of hydrogen-bond acceptors (Lipinski definition) is 3. The second-order valence-corrected chi connectivity index (χ2v) is 4.72. The van der Waals surface area contributed by atoms with Crippen molar-refractivity contribution in [1.29, 1.82) is 0 Å². The van der Waals surface area contributed by atoms with Crippen LogP contribution in [0.25, 0.3) is 0 Å². The first-order chi connectivity index (χ1) is 10.2. The fourth-order valence-electron chi connectivity index (χ4n) is 2.34. The molecule has 1 aliphatic heterocycles. The molecule has 0 aromatic heterocycles. The molecule has 3 nitrogen and oxygen atoms in total. The molecule has 0 bridgehead atoms. The zero-order valence-electron chi connectivity index (χ0n) is 14.4. The summed E-state index contributed by atoms with van der Waals surface area (Å²) >= 11 is 0. The van der Waals surface area contributed by atoms with Crippen LogP contribution in [0.15, 0.2) is 30.3 Å². The number of rotatable bonds is 4. The van der Waals surface area contributed by atoms with Gasteiger partial charge in [-0.3, -0.25) is 9.69 Å². The average Bonchev–Trinajstić information content (AvgIpc) is 2.91. The molecule has 1 saturated heterocycles. The van der Waals surface area contributed by atoms with Crippen LogP contribution in [0, 0.1) is 0 Å². The summed E-state index contributed by atoms with van der Waals surface area (Å²) in [7, 11) is 1.98. The van der Waals surface area contributed by atoms with Gasteiger partial charge in [0.1, 0.15) is 5.78 Å². The number of likely N-dealkylation sites (N-methyl/N-ethyl adjacent to an activating group) is 1. The van der Waals surface area contributed by atoms with E-state index in [1.807, 2.05) is 52.9 Å². The Kier molecular flexibility index (Phi) is 10.8. The second kappa shape index (κ2) is 11.5. The number of benzene rings is 1. The molecule has 120 valence electrons. The topological polar surface area (TPSA) is 29.5 Å². The van der Waals surface area contributed by atoms with Crippen molar-refractivity contribution in [2.45, 2.75) is 59.8 Å². The molecular weight excluding hydrogens is 262 g/mol. The summed E-state index contributed by atoms with van der Waals surface area (Å²) < 4.78 is 5.85. The largest absolute Gasteiger partial charge is 0.372 e. The quantitative estimate of drug-likeness (QED) is 0.842. The van der Waals surface area contributed by atoms with E-state index in [2.05, 4.69) is 17.0 Å². The Bertz CT molecular complexity index is 378. The zero-order chi connectivity index (χ0) is 16.3. The Morgan fingerprint density at radius 1 is 1.19 bits per heavy atom. The number of hydrogen-bond donors (Lipinski definition) is 0. The van der Waals surface area contributed by atoms with E-state index in [0.29, 0.717) is 6.61 Å². The van der Waals surface area contributed by atoms with Crippen LogP contribution in [0.5, 0.6) is 0 Å². The van der Waals surface area contributed by atoms with Crippen molar-refractivity contribution in [2.24, 2.45) is 0 Å². The smallest absolute Gasteiger partial charge is 0.146 e. The van der Waals surface area contributed by atoms with Gasteiger partial charge in [-0.2, -0.15) is 0 Å². The van der Waals surface area contributed by atoms with Gasteiger partial charge >= 0.3 is 0 Å². The number of carbonyl (C=O) groups excluding carboxylic acids is 1. The van der Waals surface area contributed by atoms with Gasteiger partial charge in [-0.15, -0.1) is 0 Å². The fourth-order valence-corrected chi connectivity index (χ4v) is 2.34. The Labute approximate surface area is 130 Å². The molecule has 0 amide bonds. The van der Waals surface area contributed by atoms with E-state index in [1.54, 1.807) is 6.92 Å². The van der Waals surface area contributed by atoms with Gasteiger partial charge in [0, 0.05) is 6.54 Å². The van der Waals surface area contributed by atoms with Crippen molar-refractivity contribution < 1.29 is 9.53 Å². The maximum Gasteiger partial charge on any atom is 0.146 e. The molecule has 21 heavy (non-hydrogen) atoms. The molecule has 0 N–H and O–H groups in total. The normalized spacial score (nSPS) is 20.9. The highest BCUT2D eigenvalue weighted by atomic mass is 16.5. The molecule has 2 atom stereocenters. The SMILES string of the molecule is CC.CC.CC(=O)C1CC(OCc2ccccc2)CN1C. The number of nitrogens with zero attached hydrogens (tertiary/aromatic N) is 1. The molecule has 2 rings (SSSR count). The van der Waals surface area contributed by atoms with Gasteiger partial charge in [0.15, 0.2) is 0 Å². The van der Waals surface area contributed by atoms with Gasteiger partial charge in [-0.05, 0) is 26.0 Å². The lowest BCUT2D eigenvalue weighted by atomic mass is 10.1. The second-order valence-electron chi connectivity index (χ2n) is 4.72. The van der Waals surface area contributed by atoms with Crippen molar-refractivity contribution >= 4 is 5.78 Å². The predicted molar refractivity (Wildman–Crippen MR) is 89.4 cm³/mol. The zero-order valence-corrected chi connectivity index (χ0v) is 14.4.